The Morgan fingerprint density at radius 2 is 1.78 bits per heavy atom. The smallest absolute Gasteiger partial charge is 0.184 e. The third kappa shape index (κ3) is 1.89. The van der Waals surface area contributed by atoms with Crippen LogP contribution in [0, 0.1) is 0 Å². The van der Waals surface area contributed by atoms with Crippen LogP contribution < -0.4 is 4.74 Å². The summed E-state index contributed by atoms with van der Waals surface area (Å²) in [5.41, 5.74) is 0.399. The summed E-state index contributed by atoms with van der Waals surface area (Å²) >= 11 is 3.60. The van der Waals surface area contributed by atoms with Crippen molar-refractivity contribution in [1.29, 1.82) is 0 Å². The lowest BCUT2D eigenvalue weighted by Crippen LogP contribution is -2.51. The molecule has 0 radical (unpaired) electrons. The van der Waals surface area contributed by atoms with Crippen LogP contribution in [-0.4, -0.2) is 16.2 Å². The van der Waals surface area contributed by atoms with Crippen molar-refractivity contribution >= 4 is 21.7 Å². The third-order valence-electron chi connectivity index (χ3n) is 4.11. The number of carbonyl (C=O) groups is 1. The van der Waals surface area contributed by atoms with E-state index >= 15 is 0 Å². The Hall–Kier alpha value is -0.830. The van der Waals surface area contributed by atoms with Gasteiger partial charge in [-0.2, -0.15) is 0 Å². The van der Waals surface area contributed by atoms with Crippen LogP contribution in [0.25, 0.3) is 0 Å². The minimum atomic E-state index is -0.318. The summed E-state index contributed by atoms with van der Waals surface area (Å²) in [6.07, 6.45) is 6.75. The minimum Gasteiger partial charge on any atom is -0.485 e. The fourth-order valence-electron chi connectivity index (χ4n) is 3.09. The lowest BCUT2D eigenvalue weighted by molar-refractivity contribution is 0.0360. The molecule has 1 spiro atoms. The molecule has 2 nitrogen and oxygen atoms in total. The second-order valence-electron chi connectivity index (χ2n) is 5.30. The molecule has 1 saturated carbocycles. The van der Waals surface area contributed by atoms with Crippen LogP contribution in [-0.2, 0) is 0 Å². The maximum absolute atomic E-state index is 12.5. The second kappa shape index (κ2) is 4.69. The van der Waals surface area contributed by atoms with E-state index in [1.165, 1.54) is 12.8 Å². The molecular weight excluding hydrogens is 292 g/mol. The van der Waals surface area contributed by atoms with Crippen LogP contribution in [0.3, 0.4) is 0 Å². The lowest BCUT2D eigenvalue weighted by Gasteiger charge is -2.41. The highest BCUT2D eigenvalue weighted by molar-refractivity contribution is 9.10. The Bertz CT molecular complexity index is 461. The van der Waals surface area contributed by atoms with E-state index in [0.717, 1.165) is 31.4 Å². The zero-order valence-electron chi connectivity index (χ0n) is 10.3. The number of alkyl halides is 1. The summed E-state index contributed by atoms with van der Waals surface area (Å²) in [6.45, 7) is 0. The zero-order chi connectivity index (χ0) is 12.6. The van der Waals surface area contributed by atoms with Crippen LogP contribution in [0.15, 0.2) is 24.3 Å². The van der Waals surface area contributed by atoms with Gasteiger partial charge in [-0.3, -0.25) is 4.79 Å². The van der Waals surface area contributed by atoms with Gasteiger partial charge in [0.15, 0.2) is 5.78 Å². The predicted octanol–water partition coefficient (Wildman–Crippen LogP) is 4.12. The summed E-state index contributed by atoms with van der Waals surface area (Å²) in [6, 6.07) is 7.60. The predicted molar refractivity (Wildman–Crippen MR) is 74.5 cm³/mol. The molecule has 1 aromatic carbocycles. The summed E-state index contributed by atoms with van der Waals surface area (Å²) in [4.78, 5) is 12.3. The van der Waals surface area contributed by atoms with Crippen molar-refractivity contribution in [3.8, 4) is 5.75 Å². The quantitative estimate of drug-likeness (QED) is 0.674. The second-order valence-corrected chi connectivity index (χ2v) is 6.22. The number of hydrogen-bond donors (Lipinski definition) is 0. The largest absolute Gasteiger partial charge is 0.485 e. The van der Waals surface area contributed by atoms with E-state index in [2.05, 4.69) is 15.9 Å². The van der Waals surface area contributed by atoms with E-state index in [4.69, 9.17) is 4.74 Å². The monoisotopic (exact) mass is 308 g/mol. The van der Waals surface area contributed by atoms with Crippen LogP contribution in [0.2, 0.25) is 0 Å². The molecule has 0 N–H and O–H groups in total. The Morgan fingerprint density at radius 1 is 1.11 bits per heavy atom. The van der Waals surface area contributed by atoms with E-state index < -0.39 is 0 Å². The van der Waals surface area contributed by atoms with Crippen molar-refractivity contribution in [3.05, 3.63) is 29.8 Å². The van der Waals surface area contributed by atoms with Gasteiger partial charge in [0.25, 0.3) is 0 Å². The van der Waals surface area contributed by atoms with Gasteiger partial charge in [-0.05, 0) is 37.8 Å². The minimum absolute atomic E-state index is 0.179. The van der Waals surface area contributed by atoms with E-state index in [1.807, 2.05) is 24.3 Å². The number of ether oxygens (including phenoxy) is 1. The van der Waals surface area contributed by atoms with Crippen molar-refractivity contribution in [2.45, 2.75) is 49.0 Å². The molecule has 18 heavy (non-hydrogen) atoms. The van der Waals surface area contributed by atoms with Crippen LogP contribution in [0.1, 0.15) is 48.9 Å². The van der Waals surface area contributed by atoms with Gasteiger partial charge < -0.3 is 4.74 Å². The molecule has 1 aliphatic heterocycles. The van der Waals surface area contributed by atoms with Crippen LogP contribution in [0.4, 0.5) is 0 Å². The molecule has 0 amide bonds. The first-order valence-electron chi connectivity index (χ1n) is 6.69. The Morgan fingerprint density at radius 3 is 2.50 bits per heavy atom. The Kier molecular flexibility index (Phi) is 3.18. The number of rotatable bonds is 0. The molecule has 1 unspecified atom stereocenters. The van der Waals surface area contributed by atoms with Gasteiger partial charge in [0.05, 0.1) is 5.56 Å². The maximum Gasteiger partial charge on any atom is 0.184 e. The molecule has 96 valence electrons. The lowest BCUT2D eigenvalue weighted by atomic mass is 9.84. The van der Waals surface area contributed by atoms with Crippen molar-refractivity contribution in [2.75, 3.05) is 0 Å². The summed E-state index contributed by atoms with van der Waals surface area (Å²) in [5.74, 6) is 0.943. The van der Waals surface area contributed by atoms with Gasteiger partial charge in [-0.1, -0.05) is 40.9 Å². The van der Waals surface area contributed by atoms with E-state index in [1.54, 1.807) is 0 Å². The molecule has 1 aliphatic carbocycles. The average Bonchev–Trinajstić information content (AvgIpc) is 2.63. The molecular formula is C15H17BrO2. The molecule has 1 heterocycles. The number of Topliss-reactive ketones (excluding diaryl/α,β-unsaturated/α-hetero) is 1. The summed E-state index contributed by atoms with van der Waals surface area (Å²) in [5, 5.41) is 0. The van der Waals surface area contributed by atoms with E-state index in [0.29, 0.717) is 5.56 Å². The fourth-order valence-corrected chi connectivity index (χ4v) is 3.89. The Labute approximate surface area is 116 Å². The molecule has 0 bridgehead atoms. The van der Waals surface area contributed by atoms with Crippen molar-refractivity contribution in [3.63, 3.8) is 0 Å². The third-order valence-corrected chi connectivity index (χ3v) is 5.36. The highest BCUT2D eigenvalue weighted by atomic mass is 79.9. The van der Waals surface area contributed by atoms with Gasteiger partial charge in [-0.25, -0.2) is 0 Å². The van der Waals surface area contributed by atoms with E-state index in [-0.39, 0.29) is 16.2 Å². The molecule has 0 aromatic heterocycles. The average molecular weight is 309 g/mol. The SMILES string of the molecule is O=C1c2ccccc2OC2(CCCCCC2)C1Br. The number of benzene rings is 1. The molecule has 1 atom stereocenters. The highest BCUT2D eigenvalue weighted by Gasteiger charge is 2.48. The highest BCUT2D eigenvalue weighted by Crippen LogP contribution is 2.43. The standard InChI is InChI=1S/C15H17BrO2/c16-14-13(17)11-7-3-4-8-12(11)18-15(14)9-5-1-2-6-10-15/h3-4,7-8,14H,1-2,5-6,9-10H2. The summed E-state index contributed by atoms with van der Waals surface area (Å²) < 4.78 is 6.26. The fraction of sp³-hybridized carbons (Fsp3) is 0.533. The molecule has 3 rings (SSSR count). The number of para-hydroxylation sites is 1. The first kappa shape index (κ1) is 12.2. The van der Waals surface area contributed by atoms with Crippen molar-refractivity contribution in [2.24, 2.45) is 0 Å². The molecule has 3 heteroatoms. The molecule has 0 saturated heterocycles. The van der Waals surface area contributed by atoms with Crippen molar-refractivity contribution in [1.82, 2.24) is 0 Å². The number of fused-ring (bicyclic) bond motifs is 1. The van der Waals surface area contributed by atoms with Gasteiger partial charge in [0.1, 0.15) is 16.2 Å². The normalized spacial score (nSPS) is 26.3. The number of hydrogen-bond acceptors (Lipinski definition) is 2. The molecule has 1 fully saturated rings. The number of carbonyl (C=O) groups excluding carboxylic acids is 1. The van der Waals surface area contributed by atoms with Gasteiger partial charge >= 0.3 is 0 Å². The Balaban J connectivity index is 2.01. The van der Waals surface area contributed by atoms with Gasteiger partial charge in [0.2, 0.25) is 0 Å². The summed E-state index contributed by atoms with van der Waals surface area (Å²) in [7, 11) is 0. The molecule has 2 aliphatic rings. The van der Waals surface area contributed by atoms with Crippen LogP contribution in [0.5, 0.6) is 5.75 Å². The van der Waals surface area contributed by atoms with Crippen molar-refractivity contribution < 1.29 is 9.53 Å². The zero-order valence-corrected chi connectivity index (χ0v) is 11.9. The number of ketones is 1. The topological polar surface area (TPSA) is 26.3 Å². The first-order valence-corrected chi connectivity index (χ1v) is 7.61. The van der Waals surface area contributed by atoms with Gasteiger partial charge in [0, 0.05) is 0 Å². The number of halogens is 1. The van der Waals surface area contributed by atoms with Gasteiger partial charge in [-0.15, -0.1) is 0 Å². The first-order chi connectivity index (χ1) is 8.73. The van der Waals surface area contributed by atoms with Crippen LogP contribution >= 0.6 is 15.9 Å². The maximum atomic E-state index is 12.5. The van der Waals surface area contributed by atoms with E-state index in [9.17, 15) is 4.79 Å². The molecule has 1 aromatic rings.